The van der Waals surface area contributed by atoms with Crippen molar-refractivity contribution >= 4 is 29.1 Å². The van der Waals surface area contributed by atoms with Crippen LogP contribution >= 0.6 is 0 Å². The molecule has 0 bridgehead atoms. The van der Waals surface area contributed by atoms with Gasteiger partial charge in [0.05, 0.1) is 5.69 Å². The number of nitrogens with zero attached hydrogens (tertiary/aromatic N) is 3. The van der Waals surface area contributed by atoms with Crippen LogP contribution in [0.5, 0.6) is 5.75 Å². The molecule has 2 aromatic carbocycles. The summed E-state index contributed by atoms with van der Waals surface area (Å²) in [4.78, 5) is 29.1. The Balaban J connectivity index is 1.45. The second-order valence-electron chi connectivity index (χ2n) is 10.4. The third-order valence-electron chi connectivity index (χ3n) is 6.66. The molecule has 2 amide bonds. The highest BCUT2D eigenvalue weighted by Crippen LogP contribution is 2.39. The molecule has 188 valence electrons. The van der Waals surface area contributed by atoms with Crippen molar-refractivity contribution in [3.05, 3.63) is 65.7 Å². The number of anilines is 1. The highest BCUT2D eigenvalue weighted by molar-refractivity contribution is 6.09. The number of fused-ring (bicyclic) bond motifs is 3. The van der Waals surface area contributed by atoms with E-state index < -0.39 is 5.60 Å². The van der Waals surface area contributed by atoms with Crippen molar-refractivity contribution in [2.75, 3.05) is 18.1 Å². The highest BCUT2D eigenvalue weighted by Gasteiger charge is 2.36. The summed E-state index contributed by atoms with van der Waals surface area (Å²) in [6.45, 7) is 8.29. The van der Waals surface area contributed by atoms with Crippen molar-refractivity contribution in [3.8, 4) is 5.75 Å². The van der Waals surface area contributed by atoms with Gasteiger partial charge in [0.25, 0.3) is 5.91 Å². The molecule has 0 saturated heterocycles. The maximum atomic E-state index is 13.1. The molecular formula is C28H32N4O4. The molecule has 8 heteroatoms. The number of amides is 2. The van der Waals surface area contributed by atoms with Crippen LogP contribution in [0.15, 0.2) is 59.7 Å². The Labute approximate surface area is 211 Å². The van der Waals surface area contributed by atoms with Crippen LogP contribution in [-0.2, 0) is 16.0 Å². The topological polar surface area (TPSA) is 83.5 Å². The molecule has 0 radical (unpaired) electrons. The fourth-order valence-electron chi connectivity index (χ4n) is 4.88. The molecule has 1 N–H and O–H groups in total. The molecule has 8 nitrogen and oxygen atoms in total. The van der Waals surface area contributed by atoms with E-state index in [1.54, 1.807) is 0 Å². The van der Waals surface area contributed by atoms with E-state index in [0.29, 0.717) is 25.4 Å². The van der Waals surface area contributed by atoms with Crippen LogP contribution in [0.25, 0.3) is 5.57 Å². The second-order valence-corrected chi connectivity index (χ2v) is 10.4. The first-order valence-corrected chi connectivity index (χ1v) is 12.3. The fourth-order valence-corrected chi connectivity index (χ4v) is 4.88. The second kappa shape index (κ2) is 9.33. The van der Waals surface area contributed by atoms with Gasteiger partial charge in [0.2, 0.25) is 0 Å². The lowest BCUT2D eigenvalue weighted by atomic mass is 9.90. The maximum Gasteiger partial charge on any atom is 0.410 e. The highest BCUT2D eigenvalue weighted by atomic mass is 16.6. The minimum atomic E-state index is -0.562. The van der Waals surface area contributed by atoms with E-state index in [-0.39, 0.29) is 24.1 Å². The van der Waals surface area contributed by atoms with Gasteiger partial charge < -0.3 is 19.3 Å². The first-order valence-electron chi connectivity index (χ1n) is 12.3. The normalized spacial score (nSPS) is 21.4. The first kappa shape index (κ1) is 23.9. The van der Waals surface area contributed by atoms with Gasteiger partial charge in [-0.15, -0.1) is 0 Å². The average Bonchev–Trinajstić information content (AvgIpc) is 2.85. The van der Waals surface area contributed by atoms with Gasteiger partial charge in [-0.05, 0) is 69.4 Å². The summed E-state index contributed by atoms with van der Waals surface area (Å²) in [6, 6.07) is 15.8. The van der Waals surface area contributed by atoms with Crippen LogP contribution in [-0.4, -0.2) is 53.6 Å². The zero-order valence-electron chi connectivity index (χ0n) is 21.2. The predicted octanol–water partition coefficient (Wildman–Crippen LogP) is 4.35. The number of hydrogen-bond acceptors (Lipinski definition) is 6. The Morgan fingerprint density at radius 3 is 2.72 bits per heavy atom. The zero-order valence-corrected chi connectivity index (χ0v) is 21.2. The summed E-state index contributed by atoms with van der Waals surface area (Å²) in [5, 5.41) is 4.19. The Morgan fingerprint density at radius 2 is 1.97 bits per heavy atom. The molecule has 2 aromatic rings. The van der Waals surface area contributed by atoms with Gasteiger partial charge in [-0.1, -0.05) is 42.5 Å². The van der Waals surface area contributed by atoms with E-state index in [1.807, 2.05) is 67.8 Å². The molecule has 0 spiro atoms. The molecule has 5 rings (SSSR count). The van der Waals surface area contributed by atoms with E-state index in [1.165, 1.54) is 5.56 Å². The summed E-state index contributed by atoms with van der Waals surface area (Å²) in [6.07, 6.45) is 3.21. The molecule has 1 unspecified atom stereocenters. The van der Waals surface area contributed by atoms with Gasteiger partial charge in [-0.25, -0.2) is 10.2 Å². The first-order chi connectivity index (χ1) is 17.2. The lowest BCUT2D eigenvalue weighted by Crippen LogP contribution is -2.55. The van der Waals surface area contributed by atoms with Crippen LogP contribution in [0.4, 0.5) is 10.5 Å². The summed E-state index contributed by atoms with van der Waals surface area (Å²) in [7, 11) is 0. The van der Waals surface area contributed by atoms with E-state index in [4.69, 9.17) is 9.47 Å². The SMILES string of the molecule is C[C@@H]1C(=O)NN=C2COc3ccc(C4=CCN(C(=O)OC(C)(C)C)C(Cc5ccccc5)C4)cc3N21. The Morgan fingerprint density at radius 1 is 1.19 bits per heavy atom. The molecule has 2 atom stereocenters. The van der Waals surface area contributed by atoms with E-state index in [2.05, 4.69) is 34.8 Å². The molecule has 3 heterocycles. The number of nitrogens with one attached hydrogen (secondary N) is 1. The number of amidine groups is 1. The van der Waals surface area contributed by atoms with Crippen LogP contribution in [0.1, 0.15) is 45.2 Å². The smallest absolute Gasteiger partial charge is 0.410 e. The third kappa shape index (κ3) is 4.80. The Bertz CT molecular complexity index is 1230. The number of hydrazone groups is 1. The number of ether oxygens (including phenoxy) is 2. The number of rotatable bonds is 3. The van der Waals surface area contributed by atoms with Crippen molar-refractivity contribution in [2.45, 2.75) is 58.2 Å². The maximum absolute atomic E-state index is 13.1. The van der Waals surface area contributed by atoms with Crippen molar-refractivity contribution in [1.29, 1.82) is 0 Å². The van der Waals surface area contributed by atoms with Crippen LogP contribution in [0.3, 0.4) is 0 Å². The molecule has 36 heavy (non-hydrogen) atoms. The molecular weight excluding hydrogens is 456 g/mol. The molecule has 3 aliphatic heterocycles. The van der Waals surface area contributed by atoms with Gasteiger partial charge >= 0.3 is 6.09 Å². The number of benzene rings is 2. The lowest BCUT2D eigenvalue weighted by molar-refractivity contribution is -0.122. The van der Waals surface area contributed by atoms with E-state index in [0.717, 1.165) is 29.0 Å². The summed E-state index contributed by atoms with van der Waals surface area (Å²) in [5.41, 5.74) is 6.20. The monoisotopic (exact) mass is 488 g/mol. The lowest BCUT2D eigenvalue weighted by Gasteiger charge is -2.39. The number of hydrogen-bond donors (Lipinski definition) is 1. The van der Waals surface area contributed by atoms with Crippen LogP contribution in [0.2, 0.25) is 0 Å². The summed E-state index contributed by atoms with van der Waals surface area (Å²) < 4.78 is 11.6. The van der Waals surface area contributed by atoms with Crippen molar-refractivity contribution in [1.82, 2.24) is 10.3 Å². The van der Waals surface area contributed by atoms with E-state index >= 15 is 0 Å². The average molecular weight is 489 g/mol. The van der Waals surface area contributed by atoms with Gasteiger partial charge in [0, 0.05) is 12.6 Å². The molecule has 0 aliphatic carbocycles. The summed E-state index contributed by atoms with van der Waals surface area (Å²) in [5.74, 6) is 1.26. The van der Waals surface area contributed by atoms with Crippen molar-refractivity contribution < 1.29 is 19.1 Å². The van der Waals surface area contributed by atoms with Crippen LogP contribution in [0, 0.1) is 0 Å². The minimum Gasteiger partial charge on any atom is -0.483 e. The molecule has 0 saturated carbocycles. The van der Waals surface area contributed by atoms with Gasteiger partial charge in [-0.3, -0.25) is 4.79 Å². The largest absolute Gasteiger partial charge is 0.483 e. The van der Waals surface area contributed by atoms with E-state index in [9.17, 15) is 9.59 Å². The molecule has 3 aliphatic rings. The fraction of sp³-hybridized carbons (Fsp3) is 0.393. The van der Waals surface area contributed by atoms with Crippen molar-refractivity contribution in [3.63, 3.8) is 0 Å². The number of carbonyl (C=O) groups excluding carboxylic acids is 2. The minimum absolute atomic E-state index is 0.0497. The number of carbonyl (C=O) groups is 2. The van der Waals surface area contributed by atoms with Gasteiger partial charge in [0.1, 0.15) is 24.0 Å². The van der Waals surface area contributed by atoms with Crippen LogP contribution < -0.4 is 15.1 Å². The Hall–Kier alpha value is -3.81. The standard InChI is InChI=1S/C28H32N4O4/c1-18-26(33)30-29-25-17-35-24-11-10-20(16-23(24)32(18)25)21-12-13-31(27(34)36-28(2,3)4)22(15-21)14-19-8-6-5-7-9-19/h5-12,16,18,22H,13-15,17H2,1-4H3,(H,30,33)/t18-,22?/m1/s1. The summed E-state index contributed by atoms with van der Waals surface area (Å²) >= 11 is 0. The van der Waals surface area contributed by atoms with Crippen molar-refractivity contribution in [2.24, 2.45) is 5.10 Å². The quantitative estimate of drug-likeness (QED) is 0.695. The third-order valence-corrected chi connectivity index (χ3v) is 6.66. The van der Waals surface area contributed by atoms with Gasteiger partial charge in [0.15, 0.2) is 5.84 Å². The predicted molar refractivity (Wildman–Crippen MR) is 139 cm³/mol. The van der Waals surface area contributed by atoms with Gasteiger partial charge in [-0.2, -0.15) is 5.10 Å². The Kier molecular flexibility index (Phi) is 6.20. The molecule has 0 fully saturated rings. The zero-order chi connectivity index (χ0) is 25.4. The molecule has 0 aromatic heterocycles.